The van der Waals surface area contributed by atoms with Gasteiger partial charge in [-0.25, -0.2) is 4.79 Å². The van der Waals surface area contributed by atoms with Crippen molar-refractivity contribution in [2.45, 2.75) is 2.14 Å². The number of aliphatic hydroxyl groups excluding tert-OH is 1. The number of carbonyl (C=O) groups is 1. The molecular formula is C4H5Br3O3. The summed E-state index contributed by atoms with van der Waals surface area (Å²) >= 11 is 8.85. The highest BCUT2D eigenvalue weighted by Gasteiger charge is 2.30. The molecule has 60 valence electrons. The maximum Gasteiger partial charge on any atom is 0.345 e. The molecule has 0 rings (SSSR count). The van der Waals surface area contributed by atoms with Crippen LogP contribution in [0.25, 0.3) is 0 Å². The summed E-state index contributed by atoms with van der Waals surface area (Å²) in [5.74, 6) is -0.526. The summed E-state index contributed by atoms with van der Waals surface area (Å²) in [5, 5.41) is 8.26. The lowest BCUT2D eigenvalue weighted by molar-refractivity contribution is -0.142. The third-order valence-electron chi connectivity index (χ3n) is 0.556. The van der Waals surface area contributed by atoms with Gasteiger partial charge < -0.3 is 9.84 Å². The Kier molecular flexibility index (Phi) is 5.10. The molecule has 0 aromatic rings. The van der Waals surface area contributed by atoms with Crippen molar-refractivity contribution in [1.29, 1.82) is 0 Å². The van der Waals surface area contributed by atoms with Gasteiger partial charge in [-0.05, 0) is 47.8 Å². The first-order valence-electron chi connectivity index (χ1n) is 2.33. The molecule has 0 aromatic heterocycles. The van der Waals surface area contributed by atoms with Gasteiger partial charge in [-0.1, -0.05) is 0 Å². The molecule has 0 bridgehead atoms. The average molecular weight is 341 g/mol. The molecule has 0 heterocycles. The lowest BCUT2D eigenvalue weighted by Crippen LogP contribution is -2.21. The van der Waals surface area contributed by atoms with Crippen LogP contribution in [-0.2, 0) is 9.53 Å². The normalized spacial score (nSPS) is 11.2. The molecule has 3 nitrogen and oxygen atoms in total. The predicted octanol–water partition coefficient (Wildman–Crippen LogP) is 1.36. The van der Waals surface area contributed by atoms with E-state index in [9.17, 15) is 4.79 Å². The molecule has 0 saturated heterocycles. The standard InChI is InChI=1S/C4H5Br3O3/c5-4(6,7)3(9)10-2-1-8/h8H,1-2H2. The number of alkyl halides is 3. The minimum Gasteiger partial charge on any atom is -0.461 e. The van der Waals surface area contributed by atoms with Crippen molar-refractivity contribution in [1.82, 2.24) is 0 Å². The van der Waals surface area contributed by atoms with E-state index < -0.39 is 8.11 Å². The summed E-state index contributed by atoms with van der Waals surface area (Å²) in [6.07, 6.45) is 0. The van der Waals surface area contributed by atoms with E-state index in [0.29, 0.717) is 0 Å². The van der Waals surface area contributed by atoms with Crippen molar-refractivity contribution in [2.75, 3.05) is 13.2 Å². The fourth-order valence-electron chi connectivity index (χ4n) is 0.220. The Morgan fingerprint density at radius 2 is 2.00 bits per heavy atom. The molecule has 0 unspecified atom stereocenters. The van der Waals surface area contributed by atoms with Gasteiger partial charge in [0.15, 0.2) is 0 Å². The zero-order chi connectivity index (χ0) is 8.20. The Hall–Kier alpha value is 0.870. The van der Waals surface area contributed by atoms with Gasteiger partial charge in [0.1, 0.15) is 6.61 Å². The minimum atomic E-state index is -1.03. The van der Waals surface area contributed by atoms with Crippen molar-refractivity contribution >= 4 is 53.8 Å². The van der Waals surface area contributed by atoms with Gasteiger partial charge in [0.25, 0.3) is 0 Å². The van der Waals surface area contributed by atoms with Gasteiger partial charge in [-0.2, -0.15) is 0 Å². The van der Waals surface area contributed by atoms with Crippen LogP contribution in [0.2, 0.25) is 0 Å². The van der Waals surface area contributed by atoms with Crippen molar-refractivity contribution in [3.05, 3.63) is 0 Å². The molecule has 0 amide bonds. The highest BCUT2D eigenvalue weighted by atomic mass is 80.0. The molecule has 0 aromatic carbocycles. The van der Waals surface area contributed by atoms with E-state index in [0.717, 1.165) is 0 Å². The lowest BCUT2D eigenvalue weighted by Gasteiger charge is -2.09. The van der Waals surface area contributed by atoms with E-state index in [1.54, 1.807) is 0 Å². The lowest BCUT2D eigenvalue weighted by atomic mass is 10.7. The van der Waals surface area contributed by atoms with Gasteiger partial charge in [0, 0.05) is 0 Å². The van der Waals surface area contributed by atoms with Crippen LogP contribution in [-0.4, -0.2) is 26.4 Å². The fraction of sp³-hybridized carbons (Fsp3) is 0.750. The van der Waals surface area contributed by atoms with Crippen LogP contribution in [0.1, 0.15) is 0 Å². The van der Waals surface area contributed by atoms with E-state index >= 15 is 0 Å². The van der Waals surface area contributed by atoms with Gasteiger partial charge in [-0.3, -0.25) is 0 Å². The quantitative estimate of drug-likeness (QED) is 0.610. The number of carbonyl (C=O) groups excluding carboxylic acids is 1. The molecule has 0 radical (unpaired) electrons. The van der Waals surface area contributed by atoms with Crippen LogP contribution in [0.5, 0.6) is 0 Å². The molecule has 0 atom stereocenters. The second-order valence-corrected chi connectivity index (χ2v) is 8.12. The second-order valence-electron chi connectivity index (χ2n) is 1.36. The zero-order valence-electron chi connectivity index (χ0n) is 4.81. The first kappa shape index (κ1) is 10.9. The van der Waals surface area contributed by atoms with Gasteiger partial charge in [0.2, 0.25) is 2.14 Å². The maximum atomic E-state index is 10.7. The Labute approximate surface area is 83.5 Å². The highest BCUT2D eigenvalue weighted by molar-refractivity contribution is 9.40. The number of esters is 1. The van der Waals surface area contributed by atoms with E-state index in [1.807, 2.05) is 0 Å². The molecule has 10 heavy (non-hydrogen) atoms. The molecule has 0 spiro atoms. The van der Waals surface area contributed by atoms with Crippen molar-refractivity contribution in [2.24, 2.45) is 0 Å². The third-order valence-corrected chi connectivity index (χ3v) is 1.53. The van der Waals surface area contributed by atoms with Crippen molar-refractivity contribution < 1.29 is 14.6 Å². The van der Waals surface area contributed by atoms with Gasteiger partial charge in [0.05, 0.1) is 6.61 Å². The summed E-state index contributed by atoms with van der Waals surface area (Å²) in [6, 6.07) is 0. The van der Waals surface area contributed by atoms with Crippen LogP contribution >= 0.6 is 47.8 Å². The number of hydrogen-bond donors (Lipinski definition) is 1. The zero-order valence-corrected chi connectivity index (χ0v) is 9.57. The molecular weight excluding hydrogens is 336 g/mol. The topological polar surface area (TPSA) is 46.5 Å². The van der Waals surface area contributed by atoms with E-state index in [4.69, 9.17) is 5.11 Å². The van der Waals surface area contributed by atoms with E-state index in [-0.39, 0.29) is 13.2 Å². The third kappa shape index (κ3) is 4.65. The summed E-state index contributed by atoms with van der Waals surface area (Å²) in [5.41, 5.74) is 0. The van der Waals surface area contributed by atoms with E-state index in [2.05, 4.69) is 52.5 Å². The maximum absolute atomic E-state index is 10.7. The number of hydrogen-bond acceptors (Lipinski definition) is 3. The van der Waals surface area contributed by atoms with E-state index in [1.165, 1.54) is 0 Å². The largest absolute Gasteiger partial charge is 0.461 e. The van der Waals surface area contributed by atoms with Crippen molar-refractivity contribution in [3.8, 4) is 0 Å². The van der Waals surface area contributed by atoms with Gasteiger partial charge >= 0.3 is 5.97 Å². The van der Waals surface area contributed by atoms with Gasteiger partial charge in [-0.15, -0.1) is 0 Å². The first-order chi connectivity index (χ1) is 4.48. The first-order valence-corrected chi connectivity index (χ1v) is 4.71. The minimum absolute atomic E-state index is 0.00336. The molecule has 0 fully saturated rings. The summed E-state index contributed by atoms with van der Waals surface area (Å²) in [4.78, 5) is 10.7. The Morgan fingerprint density at radius 1 is 1.50 bits per heavy atom. The highest BCUT2D eigenvalue weighted by Crippen LogP contribution is 2.34. The van der Waals surface area contributed by atoms with Crippen LogP contribution in [0, 0.1) is 0 Å². The van der Waals surface area contributed by atoms with Crippen LogP contribution in [0.4, 0.5) is 0 Å². The Bertz CT molecular complexity index is 119. The Balaban J connectivity index is 3.64. The molecule has 1 N–H and O–H groups in total. The second kappa shape index (κ2) is 4.69. The Morgan fingerprint density at radius 3 is 2.30 bits per heavy atom. The predicted molar refractivity (Wildman–Crippen MR) is 47.6 cm³/mol. The molecule has 0 saturated carbocycles. The van der Waals surface area contributed by atoms with Crippen LogP contribution in [0.3, 0.4) is 0 Å². The molecule has 6 heteroatoms. The fourth-order valence-corrected chi connectivity index (χ4v) is 0.564. The molecule has 0 aliphatic carbocycles. The summed E-state index contributed by atoms with van der Waals surface area (Å²) in [6.45, 7) is -0.168. The smallest absolute Gasteiger partial charge is 0.345 e. The average Bonchev–Trinajstić information content (AvgIpc) is 1.80. The van der Waals surface area contributed by atoms with Crippen LogP contribution < -0.4 is 0 Å². The number of ether oxygens (including phenoxy) is 1. The SMILES string of the molecule is O=C(OCCO)C(Br)(Br)Br. The molecule has 0 aliphatic rings. The number of aliphatic hydroxyl groups is 1. The summed E-state index contributed by atoms with van der Waals surface area (Å²) in [7, 11) is 0. The molecule has 0 aliphatic heterocycles. The van der Waals surface area contributed by atoms with Crippen molar-refractivity contribution in [3.63, 3.8) is 0 Å². The summed E-state index contributed by atoms with van der Waals surface area (Å²) < 4.78 is 3.50. The number of halogens is 3. The number of rotatable bonds is 2. The monoisotopic (exact) mass is 338 g/mol. The van der Waals surface area contributed by atoms with Crippen LogP contribution in [0.15, 0.2) is 0 Å².